The largest absolute Gasteiger partial charge is 0.502 e. The summed E-state index contributed by atoms with van der Waals surface area (Å²) in [4.78, 5) is 0. The fraction of sp³-hybridized carbons (Fsp3) is 0.455. The van der Waals surface area contributed by atoms with Crippen molar-refractivity contribution < 1.29 is 44.1 Å². The van der Waals surface area contributed by atoms with Gasteiger partial charge in [-0.25, -0.2) is 0 Å². The minimum absolute atomic E-state index is 0.143. The first-order valence-electron chi connectivity index (χ1n) is 9.70. The van der Waals surface area contributed by atoms with Crippen LogP contribution >= 0.6 is 0 Å². The van der Waals surface area contributed by atoms with E-state index in [4.69, 9.17) is 23.7 Å². The molecule has 0 bridgehead atoms. The van der Waals surface area contributed by atoms with Crippen molar-refractivity contribution >= 4 is 0 Å². The Morgan fingerprint density at radius 1 is 0.645 bits per heavy atom. The molecule has 0 saturated carbocycles. The van der Waals surface area contributed by atoms with Crippen molar-refractivity contribution in [2.75, 3.05) is 41.7 Å². The van der Waals surface area contributed by atoms with Crippen LogP contribution in [0.15, 0.2) is 24.3 Å². The molecule has 0 aromatic heterocycles. The highest BCUT2D eigenvalue weighted by molar-refractivity contribution is 5.55. The van der Waals surface area contributed by atoms with Gasteiger partial charge in [-0.3, -0.25) is 0 Å². The number of hydrogen-bond acceptors (Lipinski definition) is 9. The van der Waals surface area contributed by atoms with Gasteiger partial charge in [0.05, 0.1) is 40.6 Å². The van der Waals surface area contributed by atoms with Crippen LogP contribution in [0.3, 0.4) is 0 Å². The van der Waals surface area contributed by atoms with Crippen molar-refractivity contribution in [2.45, 2.75) is 12.2 Å². The topological polar surface area (TPSA) is 127 Å². The molecule has 31 heavy (non-hydrogen) atoms. The summed E-state index contributed by atoms with van der Waals surface area (Å²) in [6, 6.07) is 6.44. The highest BCUT2D eigenvalue weighted by atomic mass is 16.5. The van der Waals surface area contributed by atoms with Gasteiger partial charge in [-0.1, -0.05) is 0 Å². The van der Waals surface area contributed by atoms with E-state index in [-0.39, 0.29) is 47.7 Å². The smallest absolute Gasteiger partial charge is 0.200 e. The summed E-state index contributed by atoms with van der Waals surface area (Å²) < 4.78 is 27.3. The molecule has 1 aliphatic heterocycles. The number of aromatic hydroxyl groups is 2. The van der Waals surface area contributed by atoms with E-state index in [1.54, 1.807) is 24.3 Å². The van der Waals surface area contributed by atoms with Crippen LogP contribution in [0.4, 0.5) is 0 Å². The molecule has 9 heteroatoms. The van der Waals surface area contributed by atoms with Crippen LogP contribution in [0.25, 0.3) is 0 Å². The third-order valence-corrected chi connectivity index (χ3v) is 5.70. The van der Waals surface area contributed by atoms with E-state index in [0.717, 1.165) is 0 Å². The molecule has 0 radical (unpaired) electrons. The predicted molar refractivity (Wildman–Crippen MR) is 110 cm³/mol. The number of phenolic OH excluding ortho intramolecular Hbond substituents is 2. The van der Waals surface area contributed by atoms with Crippen molar-refractivity contribution in [2.24, 2.45) is 11.8 Å². The van der Waals surface area contributed by atoms with Crippen LogP contribution in [-0.4, -0.2) is 62.1 Å². The monoisotopic (exact) mass is 436 g/mol. The van der Waals surface area contributed by atoms with Crippen LogP contribution in [0.5, 0.6) is 34.5 Å². The molecular formula is C22H28O9. The molecule has 0 unspecified atom stereocenters. The normalized spacial score (nSPS) is 22.9. The molecule has 1 fully saturated rings. The third-order valence-electron chi connectivity index (χ3n) is 5.70. The Morgan fingerprint density at radius 2 is 0.935 bits per heavy atom. The van der Waals surface area contributed by atoms with E-state index in [9.17, 15) is 20.4 Å². The van der Waals surface area contributed by atoms with Crippen LogP contribution < -0.4 is 18.9 Å². The number of benzene rings is 2. The molecule has 2 aromatic rings. The average molecular weight is 436 g/mol. The number of rotatable bonds is 8. The minimum Gasteiger partial charge on any atom is -0.502 e. The molecule has 2 aromatic carbocycles. The van der Waals surface area contributed by atoms with Crippen molar-refractivity contribution in [1.82, 2.24) is 0 Å². The maximum atomic E-state index is 10.2. The van der Waals surface area contributed by atoms with Crippen molar-refractivity contribution in [1.29, 1.82) is 0 Å². The summed E-state index contributed by atoms with van der Waals surface area (Å²) in [5, 5.41) is 40.7. The molecule has 4 atom stereocenters. The summed E-state index contributed by atoms with van der Waals surface area (Å²) in [7, 11) is 5.69. The van der Waals surface area contributed by atoms with Crippen molar-refractivity contribution in [3.63, 3.8) is 0 Å². The number of aliphatic hydroxyl groups excluding tert-OH is 2. The summed E-state index contributed by atoms with van der Waals surface area (Å²) >= 11 is 0. The Kier molecular flexibility index (Phi) is 6.99. The second-order valence-corrected chi connectivity index (χ2v) is 7.22. The second-order valence-electron chi connectivity index (χ2n) is 7.22. The summed E-state index contributed by atoms with van der Waals surface area (Å²) in [6.45, 7) is -0.492. The highest BCUT2D eigenvalue weighted by Crippen LogP contribution is 2.52. The van der Waals surface area contributed by atoms with Gasteiger partial charge in [0.15, 0.2) is 23.0 Å². The Balaban J connectivity index is 2.07. The predicted octanol–water partition coefficient (Wildman–Crippen LogP) is 2.16. The quantitative estimate of drug-likeness (QED) is 0.492. The number of hydrogen-bond donors (Lipinski definition) is 4. The summed E-state index contributed by atoms with van der Waals surface area (Å²) in [5.74, 6) is -0.401. The van der Waals surface area contributed by atoms with Crippen LogP contribution in [0.2, 0.25) is 0 Å². The molecule has 0 spiro atoms. The van der Waals surface area contributed by atoms with Gasteiger partial charge in [-0.2, -0.15) is 0 Å². The molecule has 0 amide bonds. The molecule has 9 nitrogen and oxygen atoms in total. The van der Waals surface area contributed by atoms with Gasteiger partial charge in [0.1, 0.15) is 0 Å². The molecule has 170 valence electrons. The van der Waals surface area contributed by atoms with E-state index >= 15 is 0 Å². The average Bonchev–Trinajstić information content (AvgIpc) is 3.18. The first kappa shape index (κ1) is 22.8. The highest BCUT2D eigenvalue weighted by Gasteiger charge is 2.46. The lowest BCUT2D eigenvalue weighted by atomic mass is 9.83. The first-order chi connectivity index (χ1) is 14.9. The van der Waals surface area contributed by atoms with Gasteiger partial charge in [0.25, 0.3) is 0 Å². The Bertz CT molecular complexity index is 790. The second kappa shape index (κ2) is 9.51. The zero-order chi connectivity index (χ0) is 22.7. The fourth-order valence-electron chi connectivity index (χ4n) is 4.08. The van der Waals surface area contributed by atoms with Crippen molar-refractivity contribution in [3.05, 3.63) is 35.4 Å². The van der Waals surface area contributed by atoms with Crippen LogP contribution in [-0.2, 0) is 4.74 Å². The Morgan fingerprint density at radius 3 is 1.16 bits per heavy atom. The van der Waals surface area contributed by atoms with Crippen LogP contribution in [0, 0.1) is 11.8 Å². The number of ether oxygens (including phenoxy) is 5. The van der Waals surface area contributed by atoms with Gasteiger partial charge < -0.3 is 44.1 Å². The fourth-order valence-corrected chi connectivity index (χ4v) is 4.08. The van der Waals surface area contributed by atoms with Gasteiger partial charge in [0, 0.05) is 25.0 Å². The standard InChI is InChI=1S/C22H28O9/c1-27-15-5-11(6-16(28-2)19(15)25)21-13(9-23)14(10-24)22(31-21)12-7-17(29-3)20(26)18(8-12)30-4/h5-8,13-14,21-26H,9-10H2,1-4H3/t13-,14-,21-,22+/m0/s1. The van der Waals surface area contributed by atoms with Crippen LogP contribution in [0.1, 0.15) is 23.3 Å². The zero-order valence-electron chi connectivity index (χ0n) is 17.9. The SMILES string of the molecule is COc1cc([C@H]2O[C@@H](c3cc(OC)c(O)c(OC)c3)[C@@H](CO)[C@@H]2CO)cc(OC)c1O. The molecule has 1 heterocycles. The van der Waals surface area contributed by atoms with E-state index in [2.05, 4.69) is 0 Å². The van der Waals surface area contributed by atoms with Gasteiger partial charge in [-0.05, 0) is 35.4 Å². The van der Waals surface area contributed by atoms with Gasteiger partial charge >= 0.3 is 0 Å². The van der Waals surface area contributed by atoms with E-state index in [1.165, 1.54) is 28.4 Å². The Labute approximate surface area is 180 Å². The van der Waals surface area contributed by atoms with E-state index in [1.807, 2.05) is 0 Å². The zero-order valence-corrected chi connectivity index (χ0v) is 17.9. The third kappa shape index (κ3) is 4.04. The minimum atomic E-state index is -0.624. The summed E-state index contributed by atoms with van der Waals surface area (Å²) in [5.41, 5.74) is 1.23. The number of aliphatic hydroxyl groups is 2. The first-order valence-corrected chi connectivity index (χ1v) is 9.70. The molecular weight excluding hydrogens is 408 g/mol. The number of phenols is 2. The van der Waals surface area contributed by atoms with Gasteiger partial charge in [-0.15, -0.1) is 0 Å². The maximum absolute atomic E-state index is 10.2. The lowest BCUT2D eigenvalue weighted by molar-refractivity contribution is 0.0180. The molecule has 4 N–H and O–H groups in total. The number of methoxy groups -OCH3 is 4. The molecule has 1 saturated heterocycles. The molecule has 0 aliphatic carbocycles. The molecule has 3 rings (SSSR count). The lowest BCUT2D eigenvalue weighted by Gasteiger charge is -2.22. The van der Waals surface area contributed by atoms with Crippen molar-refractivity contribution in [3.8, 4) is 34.5 Å². The molecule has 1 aliphatic rings. The van der Waals surface area contributed by atoms with Gasteiger partial charge in [0.2, 0.25) is 11.5 Å². The van der Waals surface area contributed by atoms with E-state index < -0.39 is 24.0 Å². The lowest BCUT2D eigenvalue weighted by Crippen LogP contribution is -2.23. The maximum Gasteiger partial charge on any atom is 0.200 e. The van der Waals surface area contributed by atoms with E-state index in [0.29, 0.717) is 11.1 Å². The summed E-state index contributed by atoms with van der Waals surface area (Å²) in [6.07, 6.45) is -1.25. The Hall–Kier alpha value is -2.88.